The van der Waals surface area contributed by atoms with Crippen LogP contribution in [-0.4, -0.2) is 19.5 Å². The zero-order valence-corrected chi connectivity index (χ0v) is 8.20. The van der Waals surface area contributed by atoms with Crippen LogP contribution in [0.5, 0.6) is 0 Å². The molecule has 0 aliphatic heterocycles. The molecular formula is C9H12N4O2. The molecule has 5 N–H and O–H groups in total. The number of anilines is 3. The minimum Gasteiger partial charge on any atom is -0.397 e. The van der Waals surface area contributed by atoms with E-state index in [9.17, 15) is 9.59 Å². The Labute approximate surface area is 86.8 Å². The molecule has 15 heavy (non-hydrogen) atoms. The van der Waals surface area contributed by atoms with Crippen LogP contribution in [0.4, 0.5) is 21.9 Å². The van der Waals surface area contributed by atoms with Crippen LogP contribution in [0.3, 0.4) is 0 Å². The number of amides is 3. The van der Waals surface area contributed by atoms with E-state index in [0.29, 0.717) is 23.5 Å². The lowest BCUT2D eigenvalue weighted by Crippen LogP contribution is -2.25. The molecule has 3 amide bonds. The van der Waals surface area contributed by atoms with Crippen molar-refractivity contribution in [2.75, 3.05) is 23.4 Å². The Balaban J connectivity index is 2.89. The van der Waals surface area contributed by atoms with Gasteiger partial charge in [0.2, 0.25) is 6.41 Å². The molecule has 0 saturated heterocycles. The number of carbonyl (C=O) groups is 2. The highest BCUT2D eigenvalue weighted by Gasteiger charge is 2.03. The van der Waals surface area contributed by atoms with Gasteiger partial charge >= 0.3 is 6.03 Å². The second kappa shape index (κ2) is 4.85. The van der Waals surface area contributed by atoms with Gasteiger partial charge in [-0.05, 0) is 18.2 Å². The number of nitrogens with two attached hydrogens (primary N) is 1. The Morgan fingerprint density at radius 2 is 2.20 bits per heavy atom. The van der Waals surface area contributed by atoms with E-state index in [1.165, 1.54) is 7.05 Å². The molecule has 1 aromatic carbocycles. The third kappa shape index (κ3) is 2.87. The lowest BCUT2D eigenvalue weighted by molar-refractivity contribution is -0.105. The Morgan fingerprint density at radius 1 is 1.47 bits per heavy atom. The van der Waals surface area contributed by atoms with Crippen LogP contribution in [0.15, 0.2) is 18.2 Å². The number of carbonyl (C=O) groups excluding carboxylic acids is 2. The van der Waals surface area contributed by atoms with Gasteiger partial charge in [0.25, 0.3) is 0 Å². The molecule has 0 spiro atoms. The van der Waals surface area contributed by atoms with Gasteiger partial charge in [-0.2, -0.15) is 0 Å². The lowest BCUT2D eigenvalue weighted by atomic mass is 10.2. The highest BCUT2D eigenvalue weighted by atomic mass is 16.2. The summed E-state index contributed by atoms with van der Waals surface area (Å²) < 4.78 is 0. The smallest absolute Gasteiger partial charge is 0.319 e. The van der Waals surface area contributed by atoms with E-state index in [0.717, 1.165) is 0 Å². The van der Waals surface area contributed by atoms with Crippen LogP contribution in [-0.2, 0) is 4.79 Å². The van der Waals surface area contributed by atoms with Gasteiger partial charge in [0.05, 0.1) is 11.4 Å². The van der Waals surface area contributed by atoms with Crippen LogP contribution in [0.2, 0.25) is 0 Å². The van der Waals surface area contributed by atoms with E-state index in [1.54, 1.807) is 18.2 Å². The van der Waals surface area contributed by atoms with Crippen molar-refractivity contribution in [1.29, 1.82) is 0 Å². The fraction of sp³-hybridized carbons (Fsp3) is 0.111. The first-order valence-corrected chi connectivity index (χ1v) is 4.26. The summed E-state index contributed by atoms with van der Waals surface area (Å²) in [5.41, 5.74) is 7.06. The molecule has 0 unspecified atom stereocenters. The average molecular weight is 208 g/mol. The summed E-state index contributed by atoms with van der Waals surface area (Å²) in [5.74, 6) is 0. The quantitative estimate of drug-likeness (QED) is 0.432. The van der Waals surface area contributed by atoms with E-state index >= 15 is 0 Å². The topological polar surface area (TPSA) is 96.2 Å². The third-order valence-electron chi connectivity index (χ3n) is 1.75. The third-order valence-corrected chi connectivity index (χ3v) is 1.75. The molecule has 0 aromatic heterocycles. The molecule has 0 heterocycles. The summed E-state index contributed by atoms with van der Waals surface area (Å²) in [4.78, 5) is 21.2. The molecule has 0 fully saturated rings. The summed E-state index contributed by atoms with van der Waals surface area (Å²) in [5, 5.41) is 7.38. The summed E-state index contributed by atoms with van der Waals surface area (Å²) in [7, 11) is 1.50. The Hall–Kier alpha value is -2.24. The SMILES string of the molecule is CNC(=O)Nc1cc(NC=O)ccc1N. The largest absolute Gasteiger partial charge is 0.397 e. The van der Waals surface area contributed by atoms with Gasteiger partial charge in [-0.15, -0.1) is 0 Å². The minimum absolute atomic E-state index is 0.370. The molecule has 0 saturated carbocycles. The van der Waals surface area contributed by atoms with Crippen molar-refractivity contribution in [1.82, 2.24) is 5.32 Å². The highest BCUT2D eigenvalue weighted by Crippen LogP contribution is 2.22. The molecule has 6 heteroatoms. The van der Waals surface area contributed by atoms with Crippen LogP contribution in [0.1, 0.15) is 0 Å². The van der Waals surface area contributed by atoms with Crippen molar-refractivity contribution in [3.8, 4) is 0 Å². The number of hydrogen-bond donors (Lipinski definition) is 4. The average Bonchev–Trinajstić information content (AvgIpc) is 2.23. The summed E-state index contributed by atoms with van der Waals surface area (Å²) in [6, 6.07) is 4.43. The van der Waals surface area contributed by atoms with Crippen molar-refractivity contribution >= 4 is 29.5 Å². The molecule has 1 rings (SSSR count). The Morgan fingerprint density at radius 3 is 2.80 bits per heavy atom. The van der Waals surface area contributed by atoms with Crippen molar-refractivity contribution in [2.24, 2.45) is 0 Å². The van der Waals surface area contributed by atoms with E-state index in [-0.39, 0.29) is 6.03 Å². The number of hydrogen-bond acceptors (Lipinski definition) is 3. The molecular weight excluding hydrogens is 196 g/mol. The summed E-state index contributed by atoms with van der Waals surface area (Å²) in [6.07, 6.45) is 0.551. The van der Waals surface area contributed by atoms with Gasteiger partial charge in [0, 0.05) is 12.7 Å². The number of nitrogens with one attached hydrogen (secondary N) is 3. The van der Waals surface area contributed by atoms with Gasteiger partial charge in [0.15, 0.2) is 0 Å². The normalized spacial score (nSPS) is 9.13. The van der Waals surface area contributed by atoms with E-state index < -0.39 is 0 Å². The lowest BCUT2D eigenvalue weighted by Gasteiger charge is -2.09. The predicted octanol–water partition coefficient (Wildman–Crippen LogP) is 0.588. The maximum Gasteiger partial charge on any atom is 0.319 e. The zero-order chi connectivity index (χ0) is 11.3. The van der Waals surface area contributed by atoms with E-state index in [4.69, 9.17) is 5.73 Å². The maximum atomic E-state index is 11.0. The number of urea groups is 1. The Kier molecular flexibility index (Phi) is 3.50. The van der Waals surface area contributed by atoms with Crippen LogP contribution >= 0.6 is 0 Å². The fourth-order valence-electron chi connectivity index (χ4n) is 1.01. The minimum atomic E-state index is -0.370. The second-order valence-electron chi connectivity index (χ2n) is 2.77. The molecule has 0 bridgehead atoms. The van der Waals surface area contributed by atoms with Crippen LogP contribution in [0.25, 0.3) is 0 Å². The number of nitrogen functional groups attached to an aromatic ring is 1. The first kappa shape index (κ1) is 10.8. The van der Waals surface area contributed by atoms with E-state index in [1.807, 2.05) is 0 Å². The molecule has 6 nitrogen and oxygen atoms in total. The monoisotopic (exact) mass is 208 g/mol. The summed E-state index contributed by atoms with van der Waals surface area (Å²) >= 11 is 0. The van der Waals surface area contributed by atoms with Crippen LogP contribution in [0, 0.1) is 0 Å². The standard InChI is InChI=1S/C9H12N4O2/c1-11-9(15)13-8-4-6(12-5-14)2-3-7(8)10/h2-5H,10H2,1H3,(H,12,14)(H2,11,13,15). The molecule has 0 atom stereocenters. The van der Waals surface area contributed by atoms with Crippen molar-refractivity contribution in [3.63, 3.8) is 0 Å². The maximum absolute atomic E-state index is 11.0. The summed E-state index contributed by atoms with van der Waals surface area (Å²) in [6.45, 7) is 0. The van der Waals surface area contributed by atoms with Gasteiger partial charge in [0.1, 0.15) is 0 Å². The fourth-order valence-corrected chi connectivity index (χ4v) is 1.01. The first-order valence-electron chi connectivity index (χ1n) is 4.26. The van der Waals surface area contributed by atoms with E-state index in [2.05, 4.69) is 16.0 Å². The van der Waals surface area contributed by atoms with Gasteiger partial charge in [-0.1, -0.05) is 0 Å². The van der Waals surface area contributed by atoms with Gasteiger partial charge in [-0.3, -0.25) is 4.79 Å². The molecule has 0 aliphatic carbocycles. The van der Waals surface area contributed by atoms with Gasteiger partial charge in [-0.25, -0.2) is 4.79 Å². The zero-order valence-electron chi connectivity index (χ0n) is 8.20. The molecule has 0 radical (unpaired) electrons. The second-order valence-corrected chi connectivity index (χ2v) is 2.77. The molecule has 1 aromatic rings. The Bertz CT molecular complexity index is 378. The number of rotatable bonds is 3. The van der Waals surface area contributed by atoms with Crippen molar-refractivity contribution in [3.05, 3.63) is 18.2 Å². The van der Waals surface area contributed by atoms with Gasteiger partial charge < -0.3 is 21.7 Å². The first-order chi connectivity index (χ1) is 7.17. The molecule has 0 aliphatic rings. The molecule has 80 valence electrons. The van der Waals surface area contributed by atoms with Crippen molar-refractivity contribution < 1.29 is 9.59 Å². The number of benzene rings is 1. The van der Waals surface area contributed by atoms with Crippen molar-refractivity contribution in [2.45, 2.75) is 0 Å². The van der Waals surface area contributed by atoms with Crippen LogP contribution < -0.4 is 21.7 Å². The highest BCUT2D eigenvalue weighted by molar-refractivity contribution is 5.93. The predicted molar refractivity (Wildman–Crippen MR) is 58.6 cm³/mol.